The first kappa shape index (κ1) is 22.4. The molecule has 2 aliphatic heterocycles. The average molecular weight is 494 g/mol. The molecular formula is C26H28ClN5O3. The molecular weight excluding hydrogens is 466 g/mol. The van der Waals surface area contributed by atoms with Crippen LogP contribution in [-0.4, -0.2) is 57.3 Å². The summed E-state index contributed by atoms with van der Waals surface area (Å²) in [5.74, 6) is 0. The number of aliphatic hydroxyl groups excluding tert-OH is 1. The molecule has 0 unspecified atom stereocenters. The number of benzene rings is 1. The van der Waals surface area contributed by atoms with Crippen LogP contribution in [-0.2, 0) is 4.74 Å². The predicted octanol–water partition coefficient (Wildman–Crippen LogP) is 4.43. The quantitative estimate of drug-likeness (QED) is 0.558. The smallest absolute Gasteiger partial charge is 0.407 e. The van der Waals surface area contributed by atoms with E-state index in [0.29, 0.717) is 11.6 Å². The van der Waals surface area contributed by atoms with E-state index in [1.807, 2.05) is 23.3 Å². The summed E-state index contributed by atoms with van der Waals surface area (Å²) in [4.78, 5) is 18.2. The second-order valence-corrected chi connectivity index (χ2v) is 10.2. The van der Waals surface area contributed by atoms with E-state index in [0.717, 1.165) is 73.1 Å². The highest BCUT2D eigenvalue weighted by Crippen LogP contribution is 2.40. The number of hydrogen-bond acceptors (Lipinski definition) is 6. The van der Waals surface area contributed by atoms with Crippen molar-refractivity contribution in [3.8, 4) is 22.3 Å². The average Bonchev–Trinajstić information content (AvgIpc) is 3.60. The number of amides is 1. The number of carbonyl (C=O) groups excluding carboxylic acids is 1. The van der Waals surface area contributed by atoms with Gasteiger partial charge in [0.15, 0.2) is 0 Å². The van der Waals surface area contributed by atoms with Crippen LogP contribution in [0.2, 0.25) is 5.02 Å². The van der Waals surface area contributed by atoms with E-state index in [-0.39, 0.29) is 18.2 Å². The van der Waals surface area contributed by atoms with Crippen molar-refractivity contribution in [1.82, 2.24) is 20.1 Å². The molecule has 2 atom stereocenters. The van der Waals surface area contributed by atoms with E-state index >= 15 is 0 Å². The zero-order valence-electron chi connectivity index (χ0n) is 19.4. The number of halogens is 1. The molecule has 0 bridgehead atoms. The molecule has 2 saturated heterocycles. The monoisotopic (exact) mass is 493 g/mol. The molecule has 182 valence electrons. The molecule has 6 rings (SSSR count). The van der Waals surface area contributed by atoms with Gasteiger partial charge in [0.2, 0.25) is 0 Å². The number of aliphatic hydroxyl groups is 1. The molecule has 3 aliphatic rings. The molecule has 9 heteroatoms. The minimum absolute atomic E-state index is 0.0651. The largest absolute Gasteiger partial charge is 0.441 e. The highest BCUT2D eigenvalue weighted by molar-refractivity contribution is 6.33. The second kappa shape index (κ2) is 8.84. The Hall–Kier alpha value is -3.10. The fraction of sp³-hybridized carbons (Fsp3) is 0.423. The van der Waals surface area contributed by atoms with E-state index in [1.54, 1.807) is 6.20 Å². The van der Waals surface area contributed by atoms with E-state index in [1.165, 1.54) is 0 Å². The van der Waals surface area contributed by atoms with Gasteiger partial charge in [-0.15, -0.1) is 0 Å². The van der Waals surface area contributed by atoms with Crippen LogP contribution in [0.3, 0.4) is 0 Å². The first-order valence-electron chi connectivity index (χ1n) is 12.2. The lowest BCUT2D eigenvalue weighted by molar-refractivity contribution is 0.0367. The molecule has 1 aromatic carbocycles. The molecule has 2 N–H and O–H groups in total. The van der Waals surface area contributed by atoms with Crippen LogP contribution in [0.15, 0.2) is 49.1 Å². The van der Waals surface area contributed by atoms with Crippen LogP contribution in [0.4, 0.5) is 10.5 Å². The number of piperidine rings is 1. The predicted molar refractivity (Wildman–Crippen MR) is 133 cm³/mol. The summed E-state index contributed by atoms with van der Waals surface area (Å²) in [6.07, 6.45) is 11.1. The van der Waals surface area contributed by atoms with Gasteiger partial charge in [-0.3, -0.25) is 9.67 Å². The molecule has 0 radical (unpaired) electrons. The molecule has 4 heterocycles. The molecule has 35 heavy (non-hydrogen) atoms. The summed E-state index contributed by atoms with van der Waals surface area (Å²) >= 11 is 6.66. The SMILES string of the molecule is O=C1NCC2(CCN(c3c(Cl)cncc3-c3ccc(-c4cnn([C@H]5CCC[C@@H]5O)c4)cc3)CC2)O1. The van der Waals surface area contributed by atoms with E-state index in [4.69, 9.17) is 16.3 Å². The Labute approximate surface area is 208 Å². The number of hydrogen-bond donors (Lipinski definition) is 2. The number of rotatable bonds is 4. The number of anilines is 1. The van der Waals surface area contributed by atoms with Gasteiger partial charge in [0.25, 0.3) is 0 Å². The Morgan fingerprint density at radius 2 is 1.83 bits per heavy atom. The van der Waals surface area contributed by atoms with Crippen molar-refractivity contribution in [3.05, 3.63) is 54.1 Å². The molecule has 8 nitrogen and oxygen atoms in total. The van der Waals surface area contributed by atoms with Crippen LogP contribution >= 0.6 is 11.6 Å². The fourth-order valence-electron chi connectivity index (χ4n) is 5.62. The van der Waals surface area contributed by atoms with Crippen LogP contribution in [0, 0.1) is 0 Å². The second-order valence-electron chi connectivity index (χ2n) is 9.78. The number of nitrogens with one attached hydrogen (secondary N) is 1. The maximum absolute atomic E-state index is 11.6. The number of aromatic nitrogens is 3. The van der Waals surface area contributed by atoms with Crippen molar-refractivity contribution in [1.29, 1.82) is 0 Å². The van der Waals surface area contributed by atoms with Crippen molar-refractivity contribution < 1.29 is 14.6 Å². The minimum Gasteiger partial charge on any atom is -0.441 e. The van der Waals surface area contributed by atoms with E-state index < -0.39 is 5.60 Å². The third kappa shape index (κ3) is 4.15. The Morgan fingerprint density at radius 1 is 1.06 bits per heavy atom. The van der Waals surface area contributed by atoms with Gasteiger partial charge < -0.3 is 20.1 Å². The highest BCUT2D eigenvalue weighted by atomic mass is 35.5. The summed E-state index contributed by atoms with van der Waals surface area (Å²) in [6.45, 7) is 2.06. The number of alkyl carbamates (subject to hydrolysis) is 1. The highest BCUT2D eigenvalue weighted by Gasteiger charge is 2.43. The van der Waals surface area contributed by atoms with Gasteiger partial charge in [-0.05, 0) is 30.4 Å². The summed E-state index contributed by atoms with van der Waals surface area (Å²) in [5.41, 5.74) is 4.66. The summed E-state index contributed by atoms with van der Waals surface area (Å²) in [5, 5.41) is 18.1. The first-order chi connectivity index (χ1) is 17.0. The Morgan fingerprint density at radius 3 is 2.51 bits per heavy atom. The van der Waals surface area contributed by atoms with Crippen molar-refractivity contribution in [2.24, 2.45) is 0 Å². The zero-order chi connectivity index (χ0) is 24.0. The van der Waals surface area contributed by atoms with Gasteiger partial charge >= 0.3 is 6.09 Å². The lowest BCUT2D eigenvalue weighted by Gasteiger charge is -2.39. The standard InChI is InChI=1S/C26H28ClN5O3/c27-21-14-28-13-20(24(21)31-10-8-26(9-11-31)16-29-25(34)35-26)18-6-4-17(5-7-18)19-12-30-32(15-19)22-2-1-3-23(22)33/h4-7,12-15,22-23,33H,1-3,8-11,16H2,(H,29,34)/t22-,23-/m0/s1. The topological polar surface area (TPSA) is 92.5 Å². The zero-order valence-corrected chi connectivity index (χ0v) is 20.1. The van der Waals surface area contributed by atoms with E-state index in [9.17, 15) is 9.90 Å². The third-order valence-corrected chi connectivity index (χ3v) is 7.92. The molecule has 3 aromatic rings. The van der Waals surface area contributed by atoms with Crippen LogP contribution in [0.1, 0.15) is 38.1 Å². The Balaban J connectivity index is 1.23. The van der Waals surface area contributed by atoms with Gasteiger partial charge in [-0.2, -0.15) is 5.10 Å². The van der Waals surface area contributed by atoms with Crippen LogP contribution in [0.25, 0.3) is 22.3 Å². The van der Waals surface area contributed by atoms with Gasteiger partial charge in [0.1, 0.15) is 5.60 Å². The van der Waals surface area contributed by atoms with Crippen LogP contribution < -0.4 is 10.2 Å². The lowest BCUT2D eigenvalue weighted by atomic mass is 9.91. The Bertz CT molecular complexity index is 1240. The number of nitrogens with zero attached hydrogens (tertiary/aromatic N) is 4. The molecule has 1 amide bonds. The fourth-order valence-corrected chi connectivity index (χ4v) is 5.90. The maximum Gasteiger partial charge on any atom is 0.407 e. The van der Waals surface area contributed by atoms with E-state index in [2.05, 4.69) is 44.6 Å². The number of carbonyl (C=O) groups is 1. The molecule has 3 fully saturated rings. The van der Waals surface area contributed by atoms with Crippen molar-refractivity contribution in [2.75, 3.05) is 24.5 Å². The molecule has 2 aromatic heterocycles. The molecule has 1 spiro atoms. The number of pyridine rings is 1. The Kier molecular flexibility index (Phi) is 5.65. The van der Waals surface area contributed by atoms with Gasteiger partial charge in [0, 0.05) is 55.6 Å². The summed E-state index contributed by atoms with van der Waals surface area (Å²) < 4.78 is 7.47. The maximum atomic E-state index is 11.6. The van der Waals surface area contributed by atoms with Gasteiger partial charge in [-0.25, -0.2) is 4.79 Å². The number of ether oxygens (including phenoxy) is 1. The summed E-state index contributed by atoms with van der Waals surface area (Å²) in [7, 11) is 0. The van der Waals surface area contributed by atoms with Crippen molar-refractivity contribution >= 4 is 23.4 Å². The lowest BCUT2D eigenvalue weighted by Crippen LogP contribution is -2.46. The van der Waals surface area contributed by atoms with Crippen molar-refractivity contribution in [3.63, 3.8) is 0 Å². The normalized spacial score (nSPS) is 23.5. The molecule has 1 saturated carbocycles. The van der Waals surface area contributed by atoms with Gasteiger partial charge in [0.05, 0.1) is 35.6 Å². The van der Waals surface area contributed by atoms with Crippen molar-refractivity contribution in [2.45, 2.75) is 49.9 Å². The van der Waals surface area contributed by atoms with Crippen LogP contribution in [0.5, 0.6) is 0 Å². The summed E-state index contributed by atoms with van der Waals surface area (Å²) in [6, 6.07) is 8.41. The molecule has 1 aliphatic carbocycles. The van der Waals surface area contributed by atoms with Gasteiger partial charge in [-0.1, -0.05) is 35.9 Å². The third-order valence-electron chi connectivity index (χ3n) is 7.64. The minimum atomic E-state index is -0.409. The first-order valence-corrected chi connectivity index (χ1v) is 12.6.